The molecule has 0 unspecified atom stereocenters. The summed E-state index contributed by atoms with van der Waals surface area (Å²) in [4.78, 5) is 4.76. The summed E-state index contributed by atoms with van der Waals surface area (Å²) in [7, 11) is -3.54. The monoisotopic (exact) mass is 424 g/mol. The molecule has 0 radical (unpaired) electrons. The molecule has 0 bridgehead atoms. The fraction of sp³-hybridized carbons (Fsp3) is 0.238. The first kappa shape index (κ1) is 19.9. The molecule has 1 aromatic heterocycles. The quantitative estimate of drug-likeness (QED) is 0.561. The predicted molar refractivity (Wildman–Crippen MR) is 112 cm³/mol. The zero-order valence-electron chi connectivity index (χ0n) is 16.3. The van der Waals surface area contributed by atoms with E-state index in [1.807, 2.05) is 6.92 Å². The Labute approximate surface area is 174 Å². The lowest BCUT2D eigenvalue weighted by molar-refractivity contribution is 0.174. The third kappa shape index (κ3) is 4.15. The number of hydrogen-bond donors (Lipinski definition) is 2. The molecule has 3 aromatic rings. The van der Waals surface area contributed by atoms with Crippen LogP contribution < -0.4 is 19.5 Å². The van der Waals surface area contributed by atoms with Crippen LogP contribution >= 0.6 is 0 Å². The number of aromatic nitrogens is 1. The second-order valence-electron chi connectivity index (χ2n) is 6.89. The first-order valence-electron chi connectivity index (χ1n) is 9.41. The minimum Gasteiger partial charge on any atom is -0.454 e. The molecule has 1 aliphatic rings. The normalized spacial score (nSPS) is 12.7. The fourth-order valence-corrected chi connectivity index (χ4v) is 4.16. The second kappa shape index (κ2) is 8.18. The minimum atomic E-state index is -3.54. The van der Waals surface area contributed by atoms with Crippen LogP contribution in [0, 0.1) is 18.3 Å². The molecule has 4 rings (SSSR count). The van der Waals surface area contributed by atoms with Gasteiger partial charge in [-0.2, -0.15) is 5.26 Å². The number of nitriles is 1. The van der Waals surface area contributed by atoms with Gasteiger partial charge in [-0.3, -0.25) is 0 Å². The van der Waals surface area contributed by atoms with E-state index in [1.165, 1.54) is 0 Å². The summed E-state index contributed by atoms with van der Waals surface area (Å²) < 4.78 is 37.9. The smallest absolute Gasteiger partial charge is 0.240 e. The summed E-state index contributed by atoms with van der Waals surface area (Å²) in [5.74, 6) is 1.70. The molecule has 1 aliphatic heterocycles. The fourth-order valence-electron chi connectivity index (χ4n) is 3.09. The van der Waals surface area contributed by atoms with Crippen LogP contribution in [0.3, 0.4) is 0 Å². The highest BCUT2D eigenvalue weighted by molar-refractivity contribution is 7.89. The highest BCUT2D eigenvalue weighted by atomic mass is 32.2. The van der Waals surface area contributed by atoms with Crippen LogP contribution in [0.1, 0.15) is 17.5 Å². The average Bonchev–Trinajstić information content (AvgIpc) is 3.18. The van der Waals surface area contributed by atoms with Crippen molar-refractivity contribution in [3.05, 3.63) is 53.6 Å². The molecule has 8 nitrogen and oxygen atoms in total. The zero-order valence-corrected chi connectivity index (χ0v) is 17.1. The molecule has 2 aromatic carbocycles. The van der Waals surface area contributed by atoms with Crippen LogP contribution in [0.5, 0.6) is 11.5 Å². The Bertz CT molecular complexity index is 1230. The van der Waals surface area contributed by atoms with E-state index < -0.39 is 10.0 Å². The van der Waals surface area contributed by atoms with Gasteiger partial charge in [0.25, 0.3) is 0 Å². The molecule has 0 saturated carbocycles. The number of aryl methyl sites for hydroxylation is 1. The van der Waals surface area contributed by atoms with Crippen LogP contribution in [0.2, 0.25) is 0 Å². The number of pyridine rings is 1. The maximum absolute atomic E-state index is 12.3. The summed E-state index contributed by atoms with van der Waals surface area (Å²) in [5, 5.41) is 13.4. The molecular formula is C21H20N4O4S. The number of fused-ring (bicyclic) bond motifs is 2. The number of hydrogen-bond acceptors (Lipinski definition) is 7. The van der Waals surface area contributed by atoms with Crippen molar-refractivity contribution in [1.29, 1.82) is 5.26 Å². The Morgan fingerprint density at radius 1 is 1.10 bits per heavy atom. The lowest BCUT2D eigenvalue weighted by Crippen LogP contribution is -2.26. The molecule has 0 saturated heterocycles. The van der Waals surface area contributed by atoms with Gasteiger partial charge in [0.05, 0.1) is 16.0 Å². The van der Waals surface area contributed by atoms with Gasteiger partial charge >= 0.3 is 0 Å². The van der Waals surface area contributed by atoms with E-state index in [1.54, 1.807) is 42.5 Å². The molecule has 30 heavy (non-hydrogen) atoms. The van der Waals surface area contributed by atoms with E-state index in [-0.39, 0.29) is 18.2 Å². The van der Waals surface area contributed by atoms with Gasteiger partial charge in [0.1, 0.15) is 11.9 Å². The van der Waals surface area contributed by atoms with Gasteiger partial charge in [-0.15, -0.1) is 0 Å². The van der Waals surface area contributed by atoms with Gasteiger partial charge in [0.2, 0.25) is 16.8 Å². The van der Waals surface area contributed by atoms with Crippen LogP contribution in [-0.4, -0.2) is 33.3 Å². The average molecular weight is 424 g/mol. The molecular weight excluding hydrogens is 404 g/mol. The highest BCUT2D eigenvalue weighted by Gasteiger charge is 2.17. The molecule has 0 spiro atoms. The van der Waals surface area contributed by atoms with Crippen molar-refractivity contribution >= 4 is 26.7 Å². The first-order chi connectivity index (χ1) is 14.5. The number of benzene rings is 2. The minimum absolute atomic E-state index is 0.167. The topological polar surface area (TPSA) is 113 Å². The van der Waals surface area contributed by atoms with Gasteiger partial charge in [-0.25, -0.2) is 18.1 Å². The van der Waals surface area contributed by atoms with E-state index >= 15 is 0 Å². The maximum atomic E-state index is 12.3. The summed E-state index contributed by atoms with van der Waals surface area (Å²) >= 11 is 0. The highest BCUT2D eigenvalue weighted by Crippen LogP contribution is 2.36. The first-order valence-corrected chi connectivity index (χ1v) is 10.9. The van der Waals surface area contributed by atoms with Crippen LogP contribution in [0.4, 0.5) is 5.82 Å². The van der Waals surface area contributed by atoms with Crippen molar-refractivity contribution in [2.45, 2.75) is 18.2 Å². The third-order valence-corrected chi connectivity index (χ3v) is 6.18. The van der Waals surface area contributed by atoms with Crippen molar-refractivity contribution in [2.24, 2.45) is 0 Å². The van der Waals surface area contributed by atoms with Crippen molar-refractivity contribution in [2.75, 3.05) is 25.2 Å². The van der Waals surface area contributed by atoms with Gasteiger partial charge in [-0.05, 0) is 37.6 Å². The Morgan fingerprint density at radius 2 is 1.83 bits per heavy atom. The molecule has 0 amide bonds. The molecule has 0 aliphatic carbocycles. The van der Waals surface area contributed by atoms with Gasteiger partial charge in [0.15, 0.2) is 11.5 Å². The summed E-state index contributed by atoms with van der Waals surface area (Å²) in [5.41, 5.74) is 2.08. The molecule has 9 heteroatoms. The third-order valence-electron chi connectivity index (χ3n) is 4.70. The maximum Gasteiger partial charge on any atom is 0.240 e. The van der Waals surface area contributed by atoms with E-state index in [2.05, 4.69) is 21.1 Å². The van der Waals surface area contributed by atoms with Crippen molar-refractivity contribution < 1.29 is 17.9 Å². The Kier molecular flexibility index (Phi) is 5.44. The van der Waals surface area contributed by atoms with E-state index in [0.717, 1.165) is 10.9 Å². The SMILES string of the molecule is Cc1ccc(S(=O)(=O)NCCCNc2nc3cc4c(cc3cc2C#N)OCO4)cc1. The van der Waals surface area contributed by atoms with Crippen LogP contribution in [0.15, 0.2) is 47.4 Å². The lowest BCUT2D eigenvalue weighted by atomic mass is 10.1. The van der Waals surface area contributed by atoms with Gasteiger partial charge in [0, 0.05) is 24.5 Å². The number of nitrogens with one attached hydrogen (secondary N) is 2. The summed E-state index contributed by atoms with van der Waals surface area (Å²) in [6.07, 6.45) is 0.525. The Balaban J connectivity index is 1.38. The summed E-state index contributed by atoms with van der Waals surface area (Å²) in [6.45, 7) is 2.78. The zero-order chi connectivity index (χ0) is 21.1. The molecule has 2 heterocycles. The van der Waals surface area contributed by atoms with Crippen molar-refractivity contribution in [3.63, 3.8) is 0 Å². The van der Waals surface area contributed by atoms with Gasteiger partial charge in [-0.1, -0.05) is 17.7 Å². The summed E-state index contributed by atoms with van der Waals surface area (Å²) in [6, 6.07) is 14.1. The number of ether oxygens (including phenoxy) is 2. The predicted octanol–water partition coefficient (Wildman–Crippen LogP) is 2.92. The van der Waals surface area contributed by atoms with E-state index in [0.29, 0.717) is 41.4 Å². The standard InChI is InChI=1S/C21H20N4O4S/c1-14-3-5-17(6-4-14)30(26,27)24-8-2-7-23-21-16(12-22)9-15-10-19-20(29-13-28-19)11-18(15)25-21/h3-6,9-11,24H,2,7-8,13H2,1H3,(H,23,25). The Morgan fingerprint density at radius 3 is 2.57 bits per heavy atom. The van der Waals surface area contributed by atoms with E-state index in [9.17, 15) is 13.7 Å². The number of rotatable bonds is 7. The molecule has 2 N–H and O–H groups in total. The largest absolute Gasteiger partial charge is 0.454 e. The van der Waals surface area contributed by atoms with Crippen molar-refractivity contribution in [1.82, 2.24) is 9.71 Å². The molecule has 154 valence electrons. The number of nitrogens with zero attached hydrogens (tertiary/aromatic N) is 2. The van der Waals surface area contributed by atoms with Crippen LogP contribution in [-0.2, 0) is 10.0 Å². The molecule has 0 fully saturated rings. The van der Waals surface area contributed by atoms with Gasteiger partial charge < -0.3 is 14.8 Å². The number of anilines is 1. The van der Waals surface area contributed by atoms with E-state index in [4.69, 9.17) is 9.47 Å². The molecule has 0 atom stereocenters. The number of sulfonamides is 1. The van der Waals surface area contributed by atoms with Crippen LogP contribution in [0.25, 0.3) is 10.9 Å². The van der Waals surface area contributed by atoms with Crippen molar-refractivity contribution in [3.8, 4) is 17.6 Å². The lowest BCUT2D eigenvalue weighted by Gasteiger charge is -2.10. The second-order valence-corrected chi connectivity index (χ2v) is 8.65. The Hall–Kier alpha value is -3.35.